The molecule has 2 aliphatic heterocycles. The van der Waals surface area contributed by atoms with E-state index in [-0.39, 0.29) is 0 Å². The van der Waals surface area contributed by atoms with E-state index >= 15 is 0 Å². The molecule has 0 radical (unpaired) electrons. The molecule has 94 valence electrons. The summed E-state index contributed by atoms with van der Waals surface area (Å²) in [5.41, 5.74) is 0.392. The SMILES string of the molecule is N#CCC1(CN2CC(N3CCNCC3)C2)CC1. The van der Waals surface area contributed by atoms with Gasteiger partial charge in [-0.15, -0.1) is 0 Å². The van der Waals surface area contributed by atoms with Crippen molar-refractivity contribution in [1.29, 1.82) is 5.26 Å². The first-order valence-corrected chi connectivity index (χ1v) is 6.85. The fourth-order valence-corrected chi connectivity index (χ4v) is 3.16. The molecule has 0 atom stereocenters. The molecule has 3 aliphatic rings. The monoisotopic (exact) mass is 234 g/mol. The van der Waals surface area contributed by atoms with Crippen LogP contribution < -0.4 is 5.32 Å². The minimum absolute atomic E-state index is 0.392. The van der Waals surface area contributed by atoms with Crippen molar-refractivity contribution in [1.82, 2.24) is 15.1 Å². The maximum Gasteiger partial charge on any atom is 0.0628 e. The predicted molar refractivity (Wildman–Crippen MR) is 66.6 cm³/mol. The van der Waals surface area contributed by atoms with Crippen molar-refractivity contribution in [3.8, 4) is 6.07 Å². The molecule has 0 spiro atoms. The van der Waals surface area contributed by atoms with Crippen molar-refractivity contribution in [2.24, 2.45) is 5.41 Å². The van der Waals surface area contributed by atoms with Crippen molar-refractivity contribution < 1.29 is 0 Å². The van der Waals surface area contributed by atoms with Crippen LogP contribution >= 0.6 is 0 Å². The van der Waals surface area contributed by atoms with Crippen LogP contribution in [0.2, 0.25) is 0 Å². The summed E-state index contributed by atoms with van der Waals surface area (Å²) in [6.45, 7) is 8.34. The number of hydrogen-bond donors (Lipinski definition) is 1. The maximum absolute atomic E-state index is 8.82. The van der Waals surface area contributed by atoms with Crippen molar-refractivity contribution in [2.75, 3.05) is 45.8 Å². The van der Waals surface area contributed by atoms with E-state index in [0.29, 0.717) is 5.41 Å². The Balaban J connectivity index is 1.41. The number of nitrogens with one attached hydrogen (secondary N) is 1. The van der Waals surface area contributed by atoms with Gasteiger partial charge in [0.1, 0.15) is 0 Å². The summed E-state index contributed by atoms with van der Waals surface area (Å²) in [7, 11) is 0. The molecule has 1 saturated carbocycles. The largest absolute Gasteiger partial charge is 0.314 e. The second-order valence-electron chi connectivity index (χ2n) is 5.97. The lowest BCUT2D eigenvalue weighted by atomic mass is 9.98. The normalized spacial score (nSPS) is 29.6. The molecule has 1 N–H and O–H groups in total. The second kappa shape index (κ2) is 4.56. The number of likely N-dealkylation sites (tertiary alicyclic amines) is 1. The van der Waals surface area contributed by atoms with Gasteiger partial charge in [0.05, 0.1) is 6.07 Å². The number of nitrogens with zero attached hydrogens (tertiary/aromatic N) is 3. The van der Waals surface area contributed by atoms with Gasteiger partial charge in [0, 0.05) is 58.3 Å². The van der Waals surface area contributed by atoms with Crippen LogP contribution in [-0.4, -0.2) is 61.7 Å². The summed E-state index contributed by atoms with van der Waals surface area (Å²) in [5, 5.41) is 12.2. The highest BCUT2D eigenvalue weighted by Gasteiger charge is 2.46. The molecule has 17 heavy (non-hydrogen) atoms. The number of piperazine rings is 1. The summed E-state index contributed by atoms with van der Waals surface area (Å²) in [4.78, 5) is 5.17. The topological polar surface area (TPSA) is 42.3 Å². The summed E-state index contributed by atoms with van der Waals surface area (Å²) in [6.07, 6.45) is 3.31. The molecule has 0 bridgehead atoms. The Morgan fingerprint density at radius 3 is 2.53 bits per heavy atom. The smallest absolute Gasteiger partial charge is 0.0628 e. The van der Waals surface area contributed by atoms with Gasteiger partial charge in [-0.2, -0.15) is 5.26 Å². The van der Waals surface area contributed by atoms with Gasteiger partial charge in [-0.25, -0.2) is 0 Å². The van der Waals surface area contributed by atoms with Crippen LogP contribution in [0.15, 0.2) is 0 Å². The minimum Gasteiger partial charge on any atom is -0.314 e. The Morgan fingerprint density at radius 1 is 1.24 bits per heavy atom. The van der Waals surface area contributed by atoms with E-state index in [2.05, 4.69) is 21.2 Å². The zero-order chi connectivity index (χ0) is 11.7. The molecule has 0 aromatic heterocycles. The van der Waals surface area contributed by atoms with Crippen molar-refractivity contribution in [3.63, 3.8) is 0 Å². The Bertz CT molecular complexity index is 306. The first-order chi connectivity index (χ1) is 8.31. The summed E-state index contributed by atoms with van der Waals surface area (Å²) in [6, 6.07) is 3.14. The number of nitriles is 1. The van der Waals surface area contributed by atoms with Crippen LogP contribution in [-0.2, 0) is 0 Å². The van der Waals surface area contributed by atoms with Gasteiger partial charge in [-0.1, -0.05) is 0 Å². The Labute approximate surface area is 104 Å². The van der Waals surface area contributed by atoms with E-state index in [9.17, 15) is 0 Å². The molecule has 0 unspecified atom stereocenters. The van der Waals surface area contributed by atoms with Gasteiger partial charge in [0.25, 0.3) is 0 Å². The van der Waals surface area contributed by atoms with E-state index in [4.69, 9.17) is 5.26 Å². The third-order valence-corrected chi connectivity index (χ3v) is 4.58. The fraction of sp³-hybridized carbons (Fsp3) is 0.923. The highest BCUT2D eigenvalue weighted by molar-refractivity contribution is 5.03. The molecule has 4 nitrogen and oxygen atoms in total. The van der Waals surface area contributed by atoms with E-state index in [1.807, 2.05) is 0 Å². The number of hydrogen-bond acceptors (Lipinski definition) is 4. The lowest BCUT2D eigenvalue weighted by Gasteiger charge is -2.47. The molecular formula is C13H22N4. The minimum atomic E-state index is 0.392. The standard InChI is InChI=1S/C13H22N4/c14-4-3-13(1-2-13)11-16-9-12(10-16)17-7-5-15-6-8-17/h12,15H,1-3,5-11H2. The van der Waals surface area contributed by atoms with Crippen LogP contribution in [0.25, 0.3) is 0 Å². The van der Waals surface area contributed by atoms with Crippen LogP contribution in [0, 0.1) is 16.7 Å². The first kappa shape index (κ1) is 11.5. The molecule has 1 aliphatic carbocycles. The highest BCUT2D eigenvalue weighted by atomic mass is 15.3. The molecule has 3 rings (SSSR count). The third kappa shape index (κ3) is 2.47. The van der Waals surface area contributed by atoms with Crippen molar-refractivity contribution >= 4 is 0 Å². The third-order valence-electron chi connectivity index (χ3n) is 4.58. The first-order valence-electron chi connectivity index (χ1n) is 6.85. The quantitative estimate of drug-likeness (QED) is 0.758. The average Bonchev–Trinajstić information content (AvgIpc) is 3.05. The van der Waals surface area contributed by atoms with Gasteiger partial charge in [0.2, 0.25) is 0 Å². The van der Waals surface area contributed by atoms with Crippen molar-refractivity contribution in [3.05, 3.63) is 0 Å². The van der Waals surface area contributed by atoms with Crippen LogP contribution in [0.1, 0.15) is 19.3 Å². The van der Waals surface area contributed by atoms with Gasteiger partial charge in [0.15, 0.2) is 0 Å². The van der Waals surface area contributed by atoms with E-state index < -0.39 is 0 Å². The van der Waals surface area contributed by atoms with E-state index in [1.165, 1.54) is 45.6 Å². The fourth-order valence-electron chi connectivity index (χ4n) is 3.16. The molecule has 2 saturated heterocycles. The predicted octanol–water partition coefficient (Wildman–Crippen LogP) is 0.270. The van der Waals surface area contributed by atoms with Crippen molar-refractivity contribution in [2.45, 2.75) is 25.3 Å². The van der Waals surface area contributed by atoms with Gasteiger partial charge < -0.3 is 5.32 Å². The van der Waals surface area contributed by atoms with Crippen LogP contribution in [0.4, 0.5) is 0 Å². The average molecular weight is 234 g/mol. The molecule has 3 fully saturated rings. The van der Waals surface area contributed by atoms with Crippen LogP contribution in [0.5, 0.6) is 0 Å². The molecule has 4 heteroatoms. The summed E-state index contributed by atoms with van der Waals surface area (Å²) in [5.74, 6) is 0. The zero-order valence-electron chi connectivity index (χ0n) is 10.5. The van der Waals surface area contributed by atoms with Crippen LogP contribution in [0.3, 0.4) is 0 Å². The lowest BCUT2D eigenvalue weighted by molar-refractivity contribution is 0.0154. The van der Waals surface area contributed by atoms with Gasteiger partial charge >= 0.3 is 0 Å². The Hall–Kier alpha value is -0.630. The van der Waals surface area contributed by atoms with E-state index in [0.717, 1.165) is 25.6 Å². The summed E-state index contributed by atoms with van der Waals surface area (Å²) < 4.78 is 0. The second-order valence-corrected chi connectivity index (χ2v) is 5.97. The summed E-state index contributed by atoms with van der Waals surface area (Å²) >= 11 is 0. The Morgan fingerprint density at radius 2 is 1.94 bits per heavy atom. The Kier molecular flexibility index (Phi) is 3.08. The molecule has 0 amide bonds. The molecule has 2 heterocycles. The lowest BCUT2D eigenvalue weighted by Crippen LogP contribution is -2.63. The van der Waals surface area contributed by atoms with Gasteiger partial charge in [-0.3, -0.25) is 9.80 Å². The maximum atomic E-state index is 8.82. The highest BCUT2D eigenvalue weighted by Crippen LogP contribution is 2.49. The molecule has 0 aromatic rings. The van der Waals surface area contributed by atoms with Gasteiger partial charge in [-0.05, 0) is 18.3 Å². The molecular weight excluding hydrogens is 212 g/mol. The molecule has 0 aromatic carbocycles. The zero-order valence-corrected chi connectivity index (χ0v) is 10.5. The van der Waals surface area contributed by atoms with E-state index in [1.54, 1.807) is 0 Å². The number of rotatable bonds is 4.